The first-order chi connectivity index (χ1) is 5.04. The normalized spacial score (nSPS) is 16.0. The summed E-state index contributed by atoms with van der Waals surface area (Å²) in [6.07, 6.45) is 6.47. The van der Waals surface area contributed by atoms with Gasteiger partial charge in [0.25, 0.3) is 0 Å². The van der Waals surface area contributed by atoms with E-state index in [0.717, 1.165) is 13.0 Å². The maximum Gasteiger partial charge on any atom is 0.0772 e. The van der Waals surface area contributed by atoms with Gasteiger partial charge >= 0.3 is 0 Å². The molecule has 1 N–H and O–H groups in total. The van der Waals surface area contributed by atoms with Gasteiger partial charge in [-0.25, -0.2) is 0 Å². The SMILES string of the molecule is C#CC(C)(CC(C)C)NCC. The van der Waals surface area contributed by atoms with E-state index < -0.39 is 0 Å². The second-order valence-corrected chi connectivity index (χ2v) is 3.60. The molecule has 11 heavy (non-hydrogen) atoms. The second kappa shape index (κ2) is 4.41. The molecule has 0 aliphatic heterocycles. The van der Waals surface area contributed by atoms with Gasteiger partial charge in [0.05, 0.1) is 5.54 Å². The summed E-state index contributed by atoms with van der Waals surface area (Å²) in [5.74, 6) is 3.45. The van der Waals surface area contributed by atoms with Gasteiger partial charge in [0, 0.05) is 0 Å². The molecule has 1 heteroatoms. The van der Waals surface area contributed by atoms with Gasteiger partial charge in [-0.2, -0.15) is 0 Å². The Kier molecular flexibility index (Phi) is 4.22. The zero-order valence-corrected chi connectivity index (χ0v) is 8.07. The highest BCUT2D eigenvalue weighted by molar-refractivity contribution is 5.10. The standard InChI is InChI=1S/C10H19N/c1-6-10(5,11-7-2)8-9(3)4/h1,9,11H,7-8H2,2-5H3. The Balaban J connectivity index is 4.02. The van der Waals surface area contributed by atoms with E-state index in [1.807, 2.05) is 0 Å². The van der Waals surface area contributed by atoms with Crippen LogP contribution in [0.1, 0.15) is 34.1 Å². The summed E-state index contributed by atoms with van der Waals surface area (Å²) in [7, 11) is 0. The molecule has 0 spiro atoms. The summed E-state index contributed by atoms with van der Waals surface area (Å²) in [5.41, 5.74) is -0.108. The van der Waals surface area contributed by atoms with Crippen LogP contribution in [0, 0.1) is 18.3 Å². The van der Waals surface area contributed by atoms with E-state index in [-0.39, 0.29) is 5.54 Å². The molecule has 0 heterocycles. The van der Waals surface area contributed by atoms with Crippen molar-refractivity contribution in [3.8, 4) is 12.3 Å². The van der Waals surface area contributed by atoms with Crippen molar-refractivity contribution in [2.24, 2.45) is 5.92 Å². The highest BCUT2D eigenvalue weighted by Crippen LogP contribution is 2.14. The number of nitrogens with one attached hydrogen (secondary N) is 1. The van der Waals surface area contributed by atoms with E-state index >= 15 is 0 Å². The Bertz CT molecular complexity index is 143. The molecule has 0 rings (SSSR count). The lowest BCUT2D eigenvalue weighted by Crippen LogP contribution is -2.41. The smallest absolute Gasteiger partial charge is 0.0772 e. The van der Waals surface area contributed by atoms with Crippen LogP contribution < -0.4 is 5.32 Å². The topological polar surface area (TPSA) is 12.0 Å². The van der Waals surface area contributed by atoms with Crippen molar-refractivity contribution in [2.45, 2.75) is 39.7 Å². The van der Waals surface area contributed by atoms with Gasteiger partial charge in [0.1, 0.15) is 0 Å². The minimum absolute atomic E-state index is 0.108. The summed E-state index contributed by atoms with van der Waals surface area (Å²) in [6, 6.07) is 0. The van der Waals surface area contributed by atoms with Gasteiger partial charge in [-0.05, 0) is 25.8 Å². The lowest BCUT2D eigenvalue weighted by Gasteiger charge is -2.26. The van der Waals surface area contributed by atoms with Crippen LogP contribution in [0.3, 0.4) is 0 Å². The molecule has 64 valence electrons. The largest absolute Gasteiger partial charge is 0.302 e. The number of hydrogen-bond acceptors (Lipinski definition) is 1. The van der Waals surface area contributed by atoms with Gasteiger partial charge in [-0.15, -0.1) is 6.42 Å². The van der Waals surface area contributed by atoms with Crippen LogP contribution in [-0.4, -0.2) is 12.1 Å². The van der Waals surface area contributed by atoms with E-state index in [4.69, 9.17) is 6.42 Å². The van der Waals surface area contributed by atoms with Crippen LogP contribution in [0.15, 0.2) is 0 Å². The molecule has 0 aliphatic rings. The van der Waals surface area contributed by atoms with Crippen LogP contribution >= 0.6 is 0 Å². The summed E-state index contributed by atoms with van der Waals surface area (Å²) in [5, 5.41) is 3.30. The number of rotatable bonds is 4. The van der Waals surface area contributed by atoms with Gasteiger partial charge in [0.15, 0.2) is 0 Å². The third-order valence-corrected chi connectivity index (χ3v) is 1.70. The molecule has 0 aromatic heterocycles. The van der Waals surface area contributed by atoms with Gasteiger partial charge < -0.3 is 5.32 Å². The van der Waals surface area contributed by atoms with Crippen LogP contribution in [0.4, 0.5) is 0 Å². The molecule has 0 aliphatic carbocycles. The van der Waals surface area contributed by atoms with Crippen molar-refractivity contribution >= 4 is 0 Å². The summed E-state index contributed by atoms with van der Waals surface area (Å²) < 4.78 is 0. The van der Waals surface area contributed by atoms with Crippen molar-refractivity contribution in [1.82, 2.24) is 5.32 Å². The Morgan fingerprint density at radius 1 is 1.55 bits per heavy atom. The Labute approximate surface area is 70.6 Å². The molecule has 0 fully saturated rings. The molecule has 0 radical (unpaired) electrons. The van der Waals surface area contributed by atoms with Crippen molar-refractivity contribution < 1.29 is 0 Å². The predicted molar refractivity (Wildman–Crippen MR) is 50.4 cm³/mol. The molecular weight excluding hydrogens is 134 g/mol. The fraction of sp³-hybridized carbons (Fsp3) is 0.800. The molecule has 0 bridgehead atoms. The Morgan fingerprint density at radius 3 is 2.36 bits per heavy atom. The molecule has 0 saturated carbocycles. The molecule has 0 aromatic rings. The average molecular weight is 153 g/mol. The van der Waals surface area contributed by atoms with Crippen molar-refractivity contribution in [2.75, 3.05) is 6.54 Å². The van der Waals surface area contributed by atoms with Crippen LogP contribution in [0.2, 0.25) is 0 Å². The number of terminal acetylenes is 1. The maximum absolute atomic E-state index is 5.43. The molecule has 0 amide bonds. The first kappa shape index (κ1) is 10.5. The second-order valence-electron chi connectivity index (χ2n) is 3.60. The quantitative estimate of drug-likeness (QED) is 0.609. The van der Waals surface area contributed by atoms with Crippen molar-refractivity contribution in [3.05, 3.63) is 0 Å². The zero-order chi connectivity index (χ0) is 8.91. The zero-order valence-electron chi connectivity index (χ0n) is 8.07. The summed E-state index contributed by atoms with van der Waals surface area (Å²) >= 11 is 0. The minimum Gasteiger partial charge on any atom is -0.302 e. The Hall–Kier alpha value is -0.480. The van der Waals surface area contributed by atoms with Crippen molar-refractivity contribution in [3.63, 3.8) is 0 Å². The third-order valence-electron chi connectivity index (χ3n) is 1.70. The highest BCUT2D eigenvalue weighted by Gasteiger charge is 2.20. The maximum atomic E-state index is 5.43. The van der Waals surface area contributed by atoms with Crippen LogP contribution in [0.5, 0.6) is 0 Å². The molecule has 0 saturated heterocycles. The van der Waals surface area contributed by atoms with E-state index in [2.05, 4.69) is 38.9 Å². The minimum atomic E-state index is -0.108. The molecular formula is C10H19N. The highest BCUT2D eigenvalue weighted by atomic mass is 14.9. The first-order valence-electron chi connectivity index (χ1n) is 4.27. The average Bonchev–Trinajstić information content (AvgIpc) is 1.87. The van der Waals surface area contributed by atoms with Crippen LogP contribution in [0.25, 0.3) is 0 Å². The van der Waals surface area contributed by atoms with E-state index in [9.17, 15) is 0 Å². The lowest BCUT2D eigenvalue weighted by atomic mass is 9.91. The fourth-order valence-electron chi connectivity index (χ4n) is 1.39. The Morgan fingerprint density at radius 2 is 2.09 bits per heavy atom. The van der Waals surface area contributed by atoms with Gasteiger partial charge in [-0.3, -0.25) is 0 Å². The lowest BCUT2D eigenvalue weighted by molar-refractivity contribution is 0.376. The van der Waals surface area contributed by atoms with E-state index in [1.165, 1.54) is 0 Å². The third kappa shape index (κ3) is 4.06. The molecule has 1 unspecified atom stereocenters. The monoisotopic (exact) mass is 153 g/mol. The molecule has 1 nitrogen and oxygen atoms in total. The van der Waals surface area contributed by atoms with Gasteiger partial charge in [-0.1, -0.05) is 26.7 Å². The van der Waals surface area contributed by atoms with Crippen LogP contribution in [-0.2, 0) is 0 Å². The predicted octanol–water partition coefficient (Wildman–Crippen LogP) is 2.03. The fourth-order valence-corrected chi connectivity index (χ4v) is 1.39. The first-order valence-corrected chi connectivity index (χ1v) is 4.27. The van der Waals surface area contributed by atoms with E-state index in [1.54, 1.807) is 0 Å². The van der Waals surface area contributed by atoms with E-state index in [0.29, 0.717) is 5.92 Å². The molecule has 0 aromatic carbocycles. The van der Waals surface area contributed by atoms with Gasteiger partial charge in [0.2, 0.25) is 0 Å². The molecule has 1 atom stereocenters. The summed E-state index contributed by atoms with van der Waals surface area (Å²) in [4.78, 5) is 0. The number of hydrogen-bond donors (Lipinski definition) is 1. The van der Waals surface area contributed by atoms with Crippen molar-refractivity contribution in [1.29, 1.82) is 0 Å². The summed E-state index contributed by atoms with van der Waals surface area (Å²) in [6.45, 7) is 9.47.